The van der Waals surface area contributed by atoms with Crippen LogP contribution in [0, 0.1) is 11.7 Å². The van der Waals surface area contributed by atoms with Crippen LogP contribution in [-0.2, 0) is 4.79 Å². The Balaban J connectivity index is 1.42. The van der Waals surface area contributed by atoms with Crippen LogP contribution in [0.1, 0.15) is 17.0 Å². The average molecular weight is 445 g/mol. The molecule has 1 heterocycles. The first-order valence-corrected chi connectivity index (χ1v) is 11.1. The molecule has 33 heavy (non-hydrogen) atoms. The number of halogens is 1. The Labute approximate surface area is 194 Å². The second kappa shape index (κ2) is 10.3. The van der Waals surface area contributed by atoms with Gasteiger partial charge in [0.25, 0.3) is 0 Å². The Morgan fingerprint density at radius 2 is 1.85 bits per heavy atom. The zero-order valence-corrected chi connectivity index (χ0v) is 18.7. The van der Waals surface area contributed by atoms with Crippen LogP contribution in [0.15, 0.2) is 78.9 Å². The van der Waals surface area contributed by atoms with E-state index in [-0.39, 0.29) is 23.6 Å². The van der Waals surface area contributed by atoms with Gasteiger partial charge in [0.1, 0.15) is 5.82 Å². The number of likely N-dealkylation sites (N-methyl/N-ethyl adjacent to an activating group) is 1. The molecule has 3 aromatic rings. The van der Waals surface area contributed by atoms with E-state index in [1.165, 1.54) is 6.07 Å². The highest BCUT2D eigenvalue weighted by Gasteiger charge is 2.38. The molecule has 0 spiro atoms. The maximum absolute atomic E-state index is 15.1. The summed E-state index contributed by atoms with van der Waals surface area (Å²) in [5.74, 6) is -0.869. The number of carbonyl (C=O) groups excluding carboxylic acids is 1. The van der Waals surface area contributed by atoms with Gasteiger partial charge in [0, 0.05) is 31.2 Å². The lowest BCUT2D eigenvalue weighted by atomic mass is 9.87. The van der Waals surface area contributed by atoms with E-state index in [4.69, 9.17) is 5.73 Å². The number of nitrogen functional groups attached to an aromatic ring is 1. The summed E-state index contributed by atoms with van der Waals surface area (Å²) in [5, 5.41) is 6.21. The molecule has 6 heteroatoms. The lowest BCUT2D eigenvalue weighted by Crippen LogP contribution is -2.28. The molecule has 1 amide bonds. The van der Waals surface area contributed by atoms with Crippen molar-refractivity contribution in [2.75, 3.05) is 43.0 Å². The largest absolute Gasteiger partial charge is 0.397 e. The Bertz CT molecular complexity index is 1130. The second-order valence-electron chi connectivity index (χ2n) is 8.44. The molecule has 1 aliphatic heterocycles. The Kier molecular flexibility index (Phi) is 7.05. The first-order chi connectivity index (χ1) is 16.0. The molecule has 4 rings (SSSR count). The number of carbonyl (C=O) groups is 1. The quantitative estimate of drug-likeness (QED) is 0.457. The fourth-order valence-corrected chi connectivity index (χ4v) is 4.31. The van der Waals surface area contributed by atoms with Crippen LogP contribution in [0.5, 0.6) is 0 Å². The first-order valence-electron chi connectivity index (χ1n) is 11.1. The maximum Gasteiger partial charge on any atom is 0.229 e. The number of hydrogen-bond donors (Lipinski definition) is 3. The Morgan fingerprint density at radius 3 is 2.61 bits per heavy atom. The number of nitrogens with one attached hydrogen (secondary N) is 2. The van der Waals surface area contributed by atoms with Gasteiger partial charge in [-0.3, -0.25) is 4.79 Å². The highest BCUT2D eigenvalue weighted by atomic mass is 19.1. The summed E-state index contributed by atoms with van der Waals surface area (Å²) >= 11 is 0. The third-order valence-electron chi connectivity index (χ3n) is 5.99. The SMILES string of the molecule is CN1CC(C(=O)Nc2ccccc2)C(c2ccc(C=CCNc3ccccc3N)cc2F)C1. The van der Waals surface area contributed by atoms with Crippen LogP contribution in [-0.4, -0.2) is 37.5 Å². The molecule has 0 saturated carbocycles. The van der Waals surface area contributed by atoms with Crippen molar-refractivity contribution in [1.29, 1.82) is 0 Å². The molecule has 2 unspecified atom stereocenters. The van der Waals surface area contributed by atoms with Gasteiger partial charge in [0.15, 0.2) is 0 Å². The summed E-state index contributed by atoms with van der Waals surface area (Å²) in [6.07, 6.45) is 3.81. The molecule has 0 aromatic heterocycles. The van der Waals surface area contributed by atoms with Crippen molar-refractivity contribution in [3.05, 3.63) is 95.8 Å². The summed E-state index contributed by atoms with van der Waals surface area (Å²) in [4.78, 5) is 15.0. The topological polar surface area (TPSA) is 70.4 Å². The normalized spacial score (nSPS) is 18.5. The van der Waals surface area contributed by atoms with Gasteiger partial charge in [-0.2, -0.15) is 0 Å². The van der Waals surface area contributed by atoms with Crippen LogP contribution in [0.25, 0.3) is 6.08 Å². The molecule has 0 radical (unpaired) electrons. The standard InChI is InChI=1S/C27H29FN4O/c1-32-17-22(23(18-32)27(33)31-20-9-3-2-4-10-20)21-14-13-19(16-24(21)28)8-7-15-30-26-12-6-5-11-25(26)29/h2-14,16,22-23,30H,15,17-18,29H2,1H3,(H,31,33). The molecule has 1 aliphatic rings. The Hall–Kier alpha value is -3.64. The Morgan fingerprint density at radius 1 is 1.09 bits per heavy atom. The van der Waals surface area contributed by atoms with E-state index < -0.39 is 0 Å². The van der Waals surface area contributed by atoms with Gasteiger partial charge in [-0.15, -0.1) is 0 Å². The molecular weight excluding hydrogens is 415 g/mol. The lowest BCUT2D eigenvalue weighted by Gasteiger charge is -2.19. The molecule has 2 atom stereocenters. The van der Waals surface area contributed by atoms with Crippen molar-refractivity contribution in [1.82, 2.24) is 4.90 Å². The third-order valence-corrected chi connectivity index (χ3v) is 5.99. The smallest absolute Gasteiger partial charge is 0.229 e. The van der Waals surface area contributed by atoms with E-state index in [1.54, 1.807) is 0 Å². The predicted octanol–water partition coefficient (Wildman–Crippen LogP) is 4.82. The number of likely N-dealkylation sites (tertiary alicyclic amines) is 1. The van der Waals surface area contributed by atoms with Gasteiger partial charge < -0.3 is 21.3 Å². The molecule has 1 fully saturated rings. The molecule has 170 valence electrons. The fourth-order valence-electron chi connectivity index (χ4n) is 4.31. The highest BCUT2D eigenvalue weighted by molar-refractivity contribution is 5.93. The number of nitrogens with zero attached hydrogens (tertiary/aromatic N) is 1. The van der Waals surface area contributed by atoms with Crippen molar-refractivity contribution in [2.45, 2.75) is 5.92 Å². The van der Waals surface area contributed by atoms with Crippen LogP contribution >= 0.6 is 0 Å². The van der Waals surface area contributed by atoms with Crippen LogP contribution in [0.4, 0.5) is 21.5 Å². The molecule has 1 saturated heterocycles. The van der Waals surface area contributed by atoms with E-state index in [9.17, 15) is 4.79 Å². The van der Waals surface area contributed by atoms with Gasteiger partial charge in [-0.1, -0.05) is 54.6 Å². The zero-order valence-electron chi connectivity index (χ0n) is 18.7. The minimum atomic E-state index is -0.313. The van der Waals surface area contributed by atoms with E-state index in [0.717, 1.165) is 16.9 Å². The van der Waals surface area contributed by atoms with E-state index in [1.807, 2.05) is 85.9 Å². The van der Waals surface area contributed by atoms with E-state index in [0.29, 0.717) is 30.9 Å². The van der Waals surface area contributed by atoms with Crippen molar-refractivity contribution in [3.63, 3.8) is 0 Å². The minimum Gasteiger partial charge on any atom is -0.397 e. The van der Waals surface area contributed by atoms with Gasteiger partial charge in [-0.05, 0) is 48.5 Å². The number of hydrogen-bond acceptors (Lipinski definition) is 4. The minimum absolute atomic E-state index is 0.0785. The van der Waals surface area contributed by atoms with Gasteiger partial charge in [0.05, 0.1) is 17.3 Å². The number of para-hydroxylation sites is 3. The van der Waals surface area contributed by atoms with Crippen molar-refractivity contribution in [2.24, 2.45) is 5.92 Å². The van der Waals surface area contributed by atoms with Crippen LogP contribution in [0.2, 0.25) is 0 Å². The molecule has 5 nitrogen and oxygen atoms in total. The summed E-state index contributed by atoms with van der Waals surface area (Å²) < 4.78 is 15.1. The molecule has 3 aromatic carbocycles. The van der Waals surface area contributed by atoms with Gasteiger partial charge in [-0.25, -0.2) is 4.39 Å². The first kappa shape index (κ1) is 22.6. The number of amides is 1. The van der Waals surface area contributed by atoms with Crippen molar-refractivity contribution < 1.29 is 9.18 Å². The fraction of sp³-hybridized carbons (Fsp3) is 0.222. The number of anilines is 3. The van der Waals surface area contributed by atoms with E-state index in [2.05, 4.69) is 15.5 Å². The monoisotopic (exact) mass is 444 g/mol. The van der Waals surface area contributed by atoms with E-state index >= 15 is 4.39 Å². The molecule has 4 N–H and O–H groups in total. The number of nitrogens with two attached hydrogens (primary N) is 1. The summed E-state index contributed by atoms with van der Waals surface area (Å²) in [7, 11) is 1.96. The van der Waals surface area contributed by atoms with Crippen molar-refractivity contribution in [3.8, 4) is 0 Å². The number of benzene rings is 3. The van der Waals surface area contributed by atoms with Gasteiger partial charge in [0.2, 0.25) is 5.91 Å². The summed E-state index contributed by atoms with van der Waals surface area (Å²) in [5.41, 5.74) is 9.59. The number of rotatable bonds is 7. The molecule has 0 aliphatic carbocycles. The molecule has 0 bridgehead atoms. The van der Waals surface area contributed by atoms with Crippen molar-refractivity contribution >= 4 is 29.0 Å². The lowest BCUT2D eigenvalue weighted by molar-refractivity contribution is -0.119. The summed E-state index contributed by atoms with van der Waals surface area (Å²) in [6, 6.07) is 22.2. The molecular formula is C27H29FN4O. The zero-order chi connectivity index (χ0) is 23.2. The maximum atomic E-state index is 15.1. The van der Waals surface area contributed by atoms with Gasteiger partial charge >= 0.3 is 0 Å². The third kappa shape index (κ3) is 5.59. The van der Waals surface area contributed by atoms with Crippen LogP contribution in [0.3, 0.4) is 0 Å². The highest BCUT2D eigenvalue weighted by Crippen LogP contribution is 2.34. The average Bonchev–Trinajstić information content (AvgIpc) is 3.20. The second-order valence-corrected chi connectivity index (χ2v) is 8.44. The summed E-state index contributed by atoms with van der Waals surface area (Å²) in [6.45, 7) is 1.81. The predicted molar refractivity (Wildman–Crippen MR) is 134 cm³/mol. The van der Waals surface area contributed by atoms with Crippen LogP contribution < -0.4 is 16.4 Å².